The number of aromatic nitrogens is 4. The second-order valence-electron chi connectivity index (χ2n) is 6.24. The first-order chi connectivity index (χ1) is 13.7. The molecule has 3 aromatic rings. The zero-order valence-corrected chi connectivity index (χ0v) is 16.0. The second-order valence-corrected chi connectivity index (χ2v) is 6.24. The van der Waals surface area contributed by atoms with Gasteiger partial charge < -0.3 is 14.8 Å². The molecule has 1 N–H and O–H groups in total. The van der Waals surface area contributed by atoms with Crippen molar-refractivity contribution in [1.29, 1.82) is 0 Å². The van der Waals surface area contributed by atoms with Crippen LogP contribution in [-0.2, 0) is 20.1 Å². The Labute approximate surface area is 163 Å². The summed E-state index contributed by atoms with van der Waals surface area (Å²) in [4.78, 5) is 12.3. The third-order valence-electron chi connectivity index (χ3n) is 4.25. The molecule has 8 heteroatoms. The van der Waals surface area contributed by atoms with E-state index < -0.39 is 0 Å². The van der Waals surface area contributed by atoms with Crippen LogP contribution in [0, 0.1) is 0 Å². The number of methoxy groups -OCH3 is 1. The second kappa shape index (κ2) is 9.50. The smallest absolute Gasteiger partial charge is 0.251 e. The number of rotatable bonds is 9. The maximum atomic E-state index is 12.3. The fraction of sp³-hybridized carbons (Fsp3) is 0.300. The number of hydrogen-bond acceptors (Lipinski definition) is 6. The Morgan fingerprint density at radius 3 is 2.68 bits per heavy atom. The molecule has 0 bridgehead atoms. The summed E-state index contributed by atoms with van der Waals surface area (Å²) in [6.45, 7) is 0.868. The zero-order chi connectivity index (χ0) is 19.8. The van der Waals surface area contributed by atoms with E-state index in [1.54, 1.807) is 43.1 Å². The van der Waals surface area contributed by atoms with Crippen LogP contribution in [-0.4, -0.2) is 39.8 Å². The molecular formula is C20H23N5O3. The molecule has 2 aromatic carbocycles. The van der Waals surface area contributed by atoms with E-state index in [0.29, 0.717) is 23.7 Å². The van der Waals surface area contributed by atoms with Crippen molar-refractivity contribution >= 4 is 5.91 Å². The fourth-order valence-corrected chi connectivity index (χ4v) is 2.65. The molecule has 0 radical (unpaired) electrons. The molecule has 1 aromatic heterocycles. The minimum Gasteiger partial charge on any atom is -0.497 e. The Balaban J connectivity index is 1.42. The Morgan fingerprint density at radius 1 is 1.14 bits per heavy atom. The third kappa shape index (κ3) is 5.29. The van der Waals surface area contributed by atoms with Gasteiger partial charge >= 0.3 is 0 Å². The maximum absolute atomic E-state index is 12.3. The first-order valence-electron chi connectivity index (χ1n) is 9.01. The van der Waals surface area contributed by atoms with E-state index >= 15 is 0 Å². The number of ether oxygens (including phenoxy) is 2. The van der Waals surface area contributed by atoms with Crippen LogP contribution >= 0.6 is 0 Å². The molecular weight excluding hydrogens is 358 g/mol. The SMILES string of the molecule is COc1cccc(CCCNC(=O)c2ccc(OCc3nnnn3C)cc2)c1. The van der Waals surface area contributed by atoms with Crippen LogP contribution in [0.1, 0.15) is 28.2 Å². The van der Waals surface area contributed by atoms with Crippen molar-refractivity contribution in [2.75, 3.05) is 13.7 Å². The van der Waals surface area contributed by atoms with Crippen molar-refractivity contribution < 1.29 is 14.3 Å². The van der Waals surface area contributed by atoms with Gasteiger partial charge in [-0.2, -0.15) is 0 Å². The van der Waals surface area contributed by atoms with Gasteiger partial charge in [0, 0.05) is 19.2 Å². The van der Waals surface area contributed by atoms with Crippen LogP contribution < -0.4 is 14.8 Å². The lowest BCUT2D eigenvalue weighted by Crippen LogP contribution is -2.24. The minimum absolute atomic E-state index is 0.102. The third-order valence-corrected chi connectivity index (χ3v) is 4.25. The normalized spacial score (nSPS) is 10.5. The van der Waals surface area contributed by atoms with Gasteiger partial charge in [0.2, 0.25) is 0 Å². The van der Waals surface area contributed by atoms with E-state index in [4.69, 9.17) is 9.47 Å². The molecule has 146 valence electrons. The number of carbonyl (C=O) groups is 1. The highest BCUT2D eigenvalue weighted by molar-refractivity contribution is 5.94. The van der Waals surface area contributed by atoms with Gasteiger partial charge in [-0.3, -0.25) is 4.79 Å². The van der Waals surface area contributed by atoms with Crippen LogP contribution in [0.15, 0.2) is 48.5 Å². The molecule has 0 fully saturated rings. The van der Waals surface area contributed by atoms with Gasteiger partial charge in [-0.05, 0) is 65.2 Å². The molecule has 0 aliphatic carbocycles. The molecule has 8 nitrogen and oxygen atoms in total. The summed E-state index contributed by atoms with van der Waals surface area (Å²) in [5.41, 5.74) is 1.78. The van der Waals surface area contributed by atoms with Crippen LogP contribution in [0.5, 0.6) is 11.5 Å². The van der Waals surface area contributed by atoms with E-state index in [1.807, 2.05) is 18.2 Å². The molecule has 0 unspecified atom stereocenters. The predicted octanol–water partition coefficient (Wildman–Crippen LogP) is 2.16. The van der Waals surface area contributed by atoms with Crippen LogP contribution in [0.25, 0.3) is 0 Å². The molecule has 1 amide bonds. The zero-order valence-electron chi connectivity index (χ0n) is 16.0. The topological polar surface area (TPSA) is 91.2 Å². The predicted molar refractivity (Wildman–Crippen MR) is 103 cm³/mol. The van der Waals surface area contributed by atoms with Crippen LogP contribution in [0.2, 0.25) is 0 Å². The molecule has 0 saturated heterocycles. The van der Waals surface area contributed by atoms with Gasteiger partial charge in [0.1, 0.15) is 18.1 Å². The van der Waals surface area contributed by atoms with Crippen molar-refractivity contribution in [2.45, 2.75) is 19.4 Å². The van der Waals surface area contributed by atoms with Crippen molar-refractivity contribution in [2.24, 2.45) is 7.05 Å². The van der Waals surface area contributed by atoms with Crippen LogP contribution in [0.4, 0.5) is 0 Å². The summed E-state index contributed by atoms with van der Waals surface area (Å²) in [6, 6.07) is 14.9. The number of carbonyl (C=O) groups excluding carboxylic acids is 1. The molecule has 1 heterocycles. The Hall–Kier alpha value is -3.42. The number of tetrazole rings is 1. The van der Waals surface area contributed by atoms with Gasteiger partial charge in [0.05, 0.1) is 7.11 Å². The Bertz CT molecular complexity index is 908. The van der Waals surface area contributed by atoms with E-state index in [0.717, 1.165) is 18.6 Å². The average molecular weight is 381 g/mol. The first kappa shape index (κ1) is 19.3. The summed E-state index contributed by atoms with van der Waals surface area (Å²) in [6.07, 6.45) is 1.73. The number of nitrogens with one attached hydrogen (secondary N) is 1. The maximum Gasteiger partial charge on any atom is 0.251 e. The monoisotopic (exact) mass is 381 g/mol. The molecule has 0 saturated carbocycles. The van der Waals surface area contributed by atoms with Crippen molar-refractivity contribution in [3.05, 3.63) is 65.5 Å². The highest BCUT2D eigenvalue weighted by Crippen LogP contribution is 2.15. The van der Waals surface area contributed by atoms with Gasteiger partial charge in [-0.25, -0.2) is 4.68 Å². The van der Waals surface area contributed by atoms with Crippen molar-refractivity contribution in [3.63, 3.8) is 0 Å². The average Bonchev–Trinajstić information content (AvgIpc) is 3.15. The highest BCUT2D eigenvalue weighted by Gasteiger charge is 2.07. The van der Waals surface area contributed by atoms with E-state index in [2.05, 4.69) is 26.9 Å². The number of hydrogen-bond donors (Lipinski definition) is 1. The van der Waals surface area contributed by atoms with Crippen molar-refractivity contribution in [3.8, 4) is 11.5 Å². The molecule has 0 spiro atoms. The van der Waals surface area contributed by atoms with Gasteiger partial charge in [0.25, 0.3) is 5.91 Å². The lowest BCUT2D eigenvalue weighted by atomic mass is 10.1. The Morgan fingerprint density at radius 2 is 1.96 bits per heavy atom. The summed E-state index contributed by atoms with van der Waals surface area (Å²) in [7, 11) is 3.41. The standard InChI is InChI=1S/C20H23N5O3/c1-25-19(22-23-24-25)14-28-17-10-8-16(9-11-17)20(26)21-12-4-6-15-5-3-7-18(13-15)27-2/h3,5,7-11,13H,4,6,12,14H2,1-2H3,(H,21,26). The fourth-order valence-electron chi connectivity index (χ4n) is 2.65. The number of aryl methyl sites for hydroxylation is 2. The summed E-state index contributed by atoms with van der Waals surface area (Å²) < 4.78 is 12.4. The molecule has 0 aliphatic rings. The van der Waals surface area contributed by atoms with Crippen LogP contribution in [0.3, 0.4) is 0 Å². The van der Waals surface area contributed by atoms with E-state index in [-0.39, 0.29) is 12.5 Å². The molecule has 28 heavy (non-hydrogen) atoms. The number of benzene rings is 2. The lowest BCUT2D eigenvalue weighted by Gasteiger charge is -2.08. The first-order valence-corrected chi connectivity index (χ1v) is 9.01. The van der Waals surface area contributed by atoms with Gasteiger partial charge in [-0.1, -0.05) is 12.1 Å². The summed E-state index contributed by atoms with van der Waals surface area (Å²) in [5, 5.41) is 14.1. The van der Waals surface area contributed by atoms with Gasteiger partial charge in [0.15, 0.2) is 5.82 Å². The van der Waals surface area contributed by atoms with Gasteiger partial charge in [-0.15, -0.1) is 5.10 Å². The number of nitrogens with zero attached hydrogens (tertiary/aromatic N) is 4. The minimum atomic E-state index is -0.102. The van der Waals surface area contributed by atoms with E-state index in [9.17, 15) is 4.79 Å². The number of amides is 1. The molecule has 0 aliphatic heterocycles. The Kier molecular flexibility index (Phi) is 6.56. The van der Waals surface area contributed by atoms with Crippen molar-refractivity contribution in [1.82, 2.24) is 25.5 Å². The molecule has 0 atom stereocenters. The lowest BCUT2D eigenvalue weighted by molar-refractivity contribution is 0.0953. The quantitative estimate of drug-likeness (QED) is 0.571. The summed E-state index contributed by atoms with van der Waals surface area (Å²) in [5.74, 6) is 2.02. The van der Waals surface area contributed by atoms with E-state index in [1.165, 1.54) is 5.56 Å². The summed E-state index contributed by atoms with van der Waals surface area (Å²) >= 11 is 0. The molecule has 3 rings (SSSR count). The highest BCUT2D eigenvalue weighted by atomic mass is 16.5. The largest absolute Gasteiger partial charge is 0.497 e.